The van der Waals surface area contributed by atoms with Crippen molar-refractivity contribution in [3.05, 3.63) is 89.1 Å². The molecule has 0 radical (unpaired) electrons. The molecule has 0 heterocycles. The number of fused-ring (bicyclic) bond motifs is 4. The van der Waals surface area contributed by atoms with Crippen LogP contribution in [0.25, 0.3) is 5.57 Å². The van der Waals surface area contributed by atoms with Gasteiger partial charge in [0.1, 0.15) is 5.78 Å². The van der Waals surface area contributed by atoms with Crippen molar-refractivity contribution in [2.45, 2.75) is 73.6 Å². The second-order valence-electron chi connectivity index (χ2n) is 13.3. The number of carbonyl (C=O) groups excluding carboxylic acids is 1. The molecule has 1 fully saturated rings. The Bertz CT molecular complexity index is 1240. The highest BCUT2D eigenvalue weighted by atomic mass is 16.1. The summed E-state index contributed by atoms with van der Waals surface area (Å²) in [4.78, 5) is 14.2. The summed E-state index contributed by atoms with van der Waals surface area (Å²) in [6.07, 6.45) is 13.6. The lowest BCUT2D eigenvalue weighted by molar-refractivity contribution is -0.129. The fourth-order valence-electron chi connectivity index (χ4n) is 8.30. The van der Waals surface area contributed by atoms with Gasteiger partial charge in [0.2, 0.25) is 0 Å². The topological polar surface area (TPSA) is 17.1 Å². The quantitative estimate of drug-likeness (QED) is 0.385. The molecule has 0 aliphatic heterocycles. The minimum atomic E-state index is -0.0848. The number of Topliss-reactive ketones (excluding diaryl/α,β-unsaturated/α-hetero) is 1. The molecular formula is C35H44O. The van der Waals surface area contributed by atoms with Gasteiger partial charge in [0.15, 0.2) is 0 Å². The zero-order valence-electron chi connectivity index (χ0n) is 23.6. The molecule has 0 N–H and O–H groups in total. The lowest BCUT2D eigenvalue weighted by atomic mass is 9.52. The largest absolute Gasteiger partial charge is 0.299 e. The molecule has 1 heteroatoms. The molecule has 36 heavy (non-hydrogen) atoms. The van der Waals surface area contributed by atoms with Gasteiger partial charge in [-0.2, -0.15) is 0 Å². The highest BCUT2D eigenvalue weighted by Crippen LogP contribution is 2.68. The Morgan fingerprint density at radius 3 is 2.50 bits per heavy atom. The van der Waals surface area contributed by atoms with E-state index in [9.17, 15) is 4.79 Å². The van der Waals surface area contributed by atoms with Crippen LogP contribution in [0.5, 0.6) is 0 Å². The molecule has 4 aliphatic carbocycles. The first-order valence-corrected chi connectivity index (χ1v) is 14.0. The molecule has 6 unspecified atom stereocenters. The molecule has 1 saturated carbocycles. The Morgan fingerprint density at radius 1 is 1.11 bits per heavy atom. The predicted octanol–water partition coefficient (Wildman–Crippen LogP) is 8.89. The third-order valence-corrected chi connectivity index (χ3v) is 11.0. The van der Waals surface area contributed by atoms with Crippen molar-refractivity contribution < 1.29 is 4.79 Å². The fourth-order valence-corrected chi connectivity index (χ4v) is 8.30. The molecule has 1 nitrogen and oxygen atoms in total. The molecule has 6 atom stereocenters. The summed E-state index contributed by atoms with van der Waals surface area (Å²) in [5.41, 5.74) is 8.24. The van der Waals surface area contributed by atoms with E-state index in [1.807, 2.05) is 6.08 Å². The molecule has 190 valence electrons. The molecular weight excluding hydrogens is 436 g/mol. The van der Waals surface area contributed by atoms with E-state index in [0.29, 0.717) is 17.6 Å². The van der Waals surface area contributed by atoms with Crippen LogP contribution in [0.1, 0.15) is 79.4 Å². The number of rotatable bonds is 5. The van der Waals surface area contributed by atoms with E-state index in [4.69, 9.17) is 0 Å². The molecule has 5 rings (SSSR count). The summed E-state index contributed by atoms with van der Waals surface area (Å²) in [6, 6.07) is 8.66. The normalized spacial score (nSPS) is 34.3. The molecule has 0 saturated heterocycles. The summed E-state index contributed by atoms with van der Waals surface area (Å²) in [7, 11) is 0. The first-order valence-electron chi connectivity index (χ1n) is 14.0. The molecule has 0 spiro atoms. The predicted molar refractivity (Wildman–Crippen MR) is 152 cm³/mol. The molecule has 0 amide bonds. The second kappa shape index (κ2) is 8.30. The summed E-state index contributed by atoms with van der Waals surface area (Å²) in [5.74, 6) is 1.58. The first kappa shape index (κ1) is 25.2. The van der Waals surface area contributed by atoms with Crippen molar-refractivity contribution in [1.82, 2.24) is 0 Å². The van der Waals surface area contributed by atoms with E-state index in [1.54, 1.807) is 0 Å². The van der Waals surface area contributed by atoms with Crippen molar-refractivity contribution in [2.24, 2.45) is 40.4 Å². The standard InChI is InChI=1S/C35H44O/c1-10-24-26-13-11-12-14-28(26)33(5,6)31(24)20-22(3)32(36)25-16-18-30-27-19-21(2)15-17-29(27)34(7,8)35(30,9)23(25)4/h10-14,16-19,21-23,25,30H,1,15,20H2,2-9H3. The van der Waals surface area contributed by atoms with Crippen molar-refractivity contribution in [3.8, 4) is 0 Å². The highest BCUT2D eigenvalue weighted by molar-refractivity contribution is 5.89. The van der Waals surface area contributed by atoms with Gasteiger partial charge in [-0.05, 0) is 63.4 Å². The van der Waals surface area contributed by atoms with Gasteiger partial charge in [-0.1, -0.05) is 122 Å². The Hall–Kier alpha value is -2.41. The van der Waals surface area contributed by atoms with Gasteiger partial charge in [0.05, 0.1) is 0 Å². The van der Waals surface area contributed by atoms with Crippen molar-refractivity contribution in [1.29, 1.82) is 0 Å². The average Bonchev–Trinajstić information content (AvgIpc) is 3.16. The van der Waals surface area contributed by atoms with Crippen LogP contribution in [-0.2, 0) is 10.2 Å². The minimum Gasteiger partial charge on any atom is -0.299 e. The van der Waals surface area contributed by atoms with E-state index in [1.165, 1.54) is 33.4 Å². The Kier molecular flexibility index (Phi) is 5.82. The fraction of sp³-hybridized carbons (Fsp3) is 0.514. The molecule has 1 aromatic rings. The van der Waals surface area contributed by atoms with Crippen molar-refractivity contribution in [3.63, 3.8) is 0 Å². The van der Waals surface area contributed by atoms with Crippen LogP contribution in [0.4, 0.5) is 0 Å². The lowest BCUT2D eigenvalue weighted by Crippen LogP contribution is -2.47. The van der Waals surface area contributed by atoms with E-state index < -0.39 is 0 Å². The minimum absolute atomic E-state index is 0.0257. The van der Waals surface area contributed by atoms with Crippen LogP contribution in [0, 0.1) is 40.4 Å². The number of hydrogen-bond donors (Lipinski definition) is 0. The Labute approximate surface area is 219 Å². The second-order valence-corrected chi connectivity index (χ2v) is 13.3. The van der Waals surface area contributed by atoms with Crippen molar-refractivity contribution >= 4 is 11.4 Å². The third kappa shape index (κ3) is 3.24. The Balaban J connectivity index is 1.46. The maximum absolute atomic E-state index is 14.2. The van der Waals surface area contributed by atoms with Crippen LogP contribution >= 0.6 is 0 Å². The lowest BCUT2D eigenvalue weighted by Gasteiger charge is -2.50. The van der Waals surface area contributed by atoms with E-state index in [0.717, 1.165) is 12.8 Å². The van der Waals surface area contributed by atoms with Crippen LogP contribution in [-0.4, -0.2) is 5.78 Å². The number of carbonyl (C=O) groups is 1. The van der Waals surface area contributed by atoms with Gasteiger partial charge in [-0.15, -0.1) is 0 Å². The van der Waals surface area contributed by atoms with Gasteiger partial charge in [-0.25, -0.2) is 0 Å². The zero-order chi connectivity index (χ0) is 26.2. The zero-order valence-corrected chi connectivity index (χ0v) is 23.6. The first-order chi connectivity index (χ1) is 16.9. The number of ketones is 1. The molecule has 0 aromatic heterocycles. The van der Waals surface area contributed by atoms with Gasteiger partial charge < -0.3 is 0 Å². The van der Waals surface area contributed by atoms with E-state index in [2.05, 4.69) is 111 Å². The summed E-state index contributed by atoms with van der Waals surface area (Å²) >= 11 is 0. The number of benzene rings is 1. The SMILES string of the molecule is C=CC1=C(CC(C)C(=O)C2C=CC3C4=CC(C)CC=C4C(C)(C)C3(C)C2C)C(C)(C)c2ccccc21. The van der Waals surface area contributed by atoms with Gasteiger partial charge in [0.25, 0.3) is 0 Å². The smallest absolute Gasteiger partial charge is 0.143 e. The van der Waals surface area contributed by atoms with E-state index in [-0.39, 0.29) is 34.0 Å². The highest BCUT2D eigenvalue weighted by Gasteiger charge is 2.62. The average molecular weight is 481 g/mol. The monoisotopic (exact) mass is 480 g/mol. The molecule has 1 aromatic carbocycles. The van der Waals surface area contributed by atoms with E-state index >= 15 is 0 Å². The summed E-state index contributed by atoms with van der Waals surface area (Å²) in [6.45, 7) is 22.9. The number of allylic oxidation sites excluding steroid dienone is 9. The maximum atomic E-state index is 14.2. The van der Waals surface area contributed by atoms with Gasteiger partial charge >= 0.3 is 0 Å². The van der Waals surface area contributed by atoms with Crippen molar-refractivity contribution in [2.75, 3.05) is 0 Å². The molecule has 4 aliphatic rings. The number of hydrogen-bond acceptors (Lipinski definition) is 1. The van der Waals surface area contributed by atoms with Crippen LogP contribution < -0.4 is 0 Å². The van der Waals surface area contributed by atoms with Crippen LogP contribution in [0.2, 0.25) is 0 Å². The summed E-state index contributed by atoms with van der Waals surface area (Å²) < 4.78 is 0. The van der Waals surface area contributed by atoms with Gasteiger partial charge in [0, 0.05) is 23.2 Å². The molecule has 0 bridgehead atoms. The van der Waals surface area contributed by atoms with Crippen LogP contribution in [0.3, 0.4) is 0 Å². The van der Waals surface area contributed by atoms with Gasteiger partial charge in [-0.3, -0.25) is 4.79 Å². The Morgan fingerprint density at radius 2 is 1.81 bits per heavy atom. The third-order valence-electron chi connectivity index (χ3n) is 11.0. The maximum Gasteiger partial charge on any atom is 0.143 e. The van der Waals surface area contributed by atoms with Crippen LogP contribution in [0.15, 0.2) is 77.9 Å². The summed E-state index contributed by atoms with van der Waals surface area (Å²) in [5, 5.41) is 0.